The van der Waals surface area contributed by atoms with Crippen LogP contribution in [0.15, 0.2) is 0 Å². The third kappa shape index (κ3) is 1.62. The van der Waals surface area contributed by atoms with Crippen molar-refractivity contribution in [2.75, 3.05) is 33.2 Å². The predicted molar refractivity (Wildman–Crippen MR) is 73.6 cm³/mol. The van der Waals surface area contributed by atoms with Crippen LogP contribution in [0.5, 0.6) is 0 Å². The Bertz CT molecular complexity index is 388. The summed E-state index contributed by atoms with van der Waals surface area (Å²) in [5.41, 5.74) is -0.555. The lowest BCUT2D eigenvalue weighted by Crippen LogP contribution is -2.57. The van der Waals surface area contributed by atoms with Crippen LogP contribution in [0.3, 0.4) is 0 Å². The monoisotopic (exact) mass is 266 g/mol. The highest BCUT2D eigenvalue weighted by Gasteiger charge is 2.68. The molecule has 3 fully saturated rings. The molecule has 4 heteroatoms. The van der Waals surface area contributed by atoms with E-state index in [1.807, 2.05) is 4.90 Å². The summed E-state index contributed by atoms with van der Waals surface area (Å²) in [6.07, 6.45) is 2.35. The summed E-state index contributed by atoms with van der Waals surface area (Å²) in [6.45, 7) is 7.89. The topological polar surface area (TPSA) is 43.8 Å². The van der Waals surface area contributed by atoms with Crippen molar-refractivity contribution in [2.45, 2.75) is 39.2 Å². The summed E-state index contributed by atoms with van der Waals surface area (Å²) < 4.78 is 0. The van der Waals surface area contributed by atoms with Crippen LogP contribution in [0.1, 0.15) is 33.1 Å². The minimum absolute atomic E-state index is 0.0488. The second kappa shape index (κ2) is 4.19. The Balaban J connectivity index is 1.86. The molecule has 0 aromatic carbocycles. The summed E-state index contributed by atoms with van der Waals surface area (Å²) in [5, 5.41) is 10.5. The minimum Gasteiger partial charge on any atom is -0.392 e. The Morgan fingerprint density at radius 2 is 1.84 bits per heavy atom. The number of piperazine rings is 1. The lowest BCUT2D eigenvalue weighted by atomic mass is 9.67. The van der Waals surface area contributed by atoms with Gasteiger partial charge in [-0.1, -0.05) is 13.8 Å². The van der Waals surface area contributed by atoms with Crippen LogP contribution in [0, 0.1) is 16.7 Å². The van der Waals surface area contributed by atoms with E-state index in [4.69, 9.17) is 0 Å². The molecular formula is C15H26N2O2. The average molecular weight is 266 g/mol. The lowest BCUT2D eigenvalue weighted by Gasteiger charge is -2.44. The first kappa shape index (κ1) is 13.4. The number of aliphatic hydroxyl groups excluding tert-OH is 1. The zero-order valence-corrected chi connectivity index (χ0v) is 12.4. The molecular weight excluding hydrogens is 240 g/mol. The van der Waals surface area contributed by atoms with Crippen molar-refractivity contribution in [3.63, 3.8) is 0 Å². The maximum atomic E-state index is 13.1. The third-order valence-electron chi connectivity index (χ3n) is 6.31. The van der Waals surface area contributed by atoms with Gasteiger partial charge in [0.2, 0.25) is 5.91 Å². The third-order valence-corrected chi connectivity index (χ3v) is 6.31. The van der Waals surface area contributed by atoms with Gasteiger partial charge in [-0.3, -0.25) is 4.79 Å². The molecule has 0 radical (unpaired) electrons. The van der Waals surface area contributed by atoms with Crippen LogP contribution >= 0.6 is 0 Å². The van der Waals surface area contributed by atoms with Crippen LogP contribution in [0.25, 0.3) is 0 Å². The van der Waals surface area contributed by atoms with Crippen molar-refractivity contribution in [3.05, 3.63) is 0 Å². The number of carbonyl (C=O) groups excluding carboxylic acids is 1. The highest BCUT2D eigenvalue weighted by molar-refractivity contribution is 5.85. The number of hydrogen-bond donors (Lipinski definition) is 1. The van der Waals surface area contributed by atoms with Gasteiger partial charge in [0.05, 0.1) is 11.5 Å². The van der Waals surface area contributed by atoms with Gasteiger partial charge in [-0.25, -0.2) is 0 Å². The molecule has 0 unspecified atom stereocenters. The molecule has 0 spiro atoms. The minimum atomic E-state index is -0.506. The largest absolute Gasteiger partial charge is 0.392 e. The van der Waals surface area contributed by atoms with Crippen LogP contribution < -0.4 is 0 Å². The Morgan fingerprint density at radius 1 is 1.21 bits per heavy atom. The molecule has 108 valence electrons. The number of amides is 1. The highest BCUT2D eigenvalue weighted by Crippen LogP contribution is 2.66. The fourth-order valence-electron chi connectivity index (χ4n) is 4.75. The van der Waals surface area contributed by atoms with Crippen molar-refractivity contribution in [2.24, 2.45) is 16.7 Å². The van der Waals surface area contributed by atoms with Crippen molar-refractivity contribution in [3.8, 4) is 0 Å². The number of rotatable bonds is 1. The Morgan fingerprint density at radius 3 is 2.32 bits per heavy atom. The first-order valence-corrected chi connectivity index (χ1v) is 7.55. The summed E-state index contributed by atoms with van der Waals surface area (Å²) >= 11 is 0. The molecule has 2 saturated carbocycles. The number of aliphatic hydroxyl groups is 1. The van der Waals surface area contributed by atoms with Gasteiger partial charge in [-0.05, 0) is 37.6 Å². The molecule has 0 aromatic rings. The molecule has 1 aliphatic heterocycles. The maximum Gasteiger partial charge on any atom is 0.232 e. The van der Waals surface area contributed by atoms with E-state index in [9.17, 15) is 9.90 Å². The molecule has 0 aromatic heterocycles. The quantitative estimate of drug-likeness (QED) is 0.768. The van der Waals surface area contributed by atoms with E-state index in [0.717, 1.165) is 45.4 Å². The fourth-order valence-corrected chi connectivity index (χ4v) is 4.75. The molecule has 2 bridgehead atoms. The second-order valence-electron chi connectivity index (χ2n) is 7.28. The number of likely N-dealkylation sites (N-methyl/N-ethyl adjacent to an activating group) is 1. The standard InChI is InChI=1S/C15H26N2O2/c1-14(2)11-4-5-15(14,12(18)10-11)13(19)17-8-6-16(3)7-9-17/h11-12,18H,4-10H2,1-3H3/t11-,12-,15+/m1/s1. The van der Waals surface area contributed by atoms with E-state index in [-0.39, 0.29) is 11.3 Å². The van der Waals surface area contributed by atoms with Gasteiger partial charge in [0, 0.05) is 26.2 Å². The first-order valence-electron chi connectivity index (χ1n) is 7.55. The summed E-state index contributed by atoms with van der Waals surface area (Å²) in [5.74, 6) is 0.733. The number of carbonyl (C=O) groups is 1. The Hall–Kier alpha value is -0.610. The van der Waals surface area contributed by atoms with Gasteiger partial charge in [-0.2, -0.15) is 0 Å². The maximum absolute atomic E-state index is 13.1. The summed E-state index contributed by atoms with van der Waals surface area (Å²) in [4.78, 5) is 17.3. The van der Waals surface area contributed by atoms with Crippen LogP contribution in [-0.4, -0.2) is 60.1 Å². The Labute approximate surface area is 115 Å². The molecule has 1 heterocycles. The van der Waals surface area contributed by atoms with E-state index in [1.54, 1.807) is 0 Å². The molecule has 1 N–H and O–H groups in total. The molecule has 4 nitrogen and oxygen atoms in total. The van der Waals surface area contributed by atoms with Crippen molar-refractivity contribution < 1.29 is 9.90 Å². The molecule has 3 atom stereocenters. The van der Waals surface area contributed by atoms with E-state index in [1.165, 1.54) is 0 Å². The van der Waals surface area contributed by atoms with Crippen molar-refractivity contribution in [1.29, 1.82) is 0 Å². The molecule has 19 heavy (non-hydrogen) atoms. The van der Waals surface area contributed by atoms with Gasteiger partial charge in [0.1, 0.15) is 0 Å². The van der Waals surface area contributed by atoms with Crippen molar-refractivity contribution in [1.82, 2.24) is 9.80 Å². The second-order valence-corrected chi connectivity index (χ2v) is 7.28. The SMILES string of the molecule is CN1CCN(C(=O)[C@]23CC[C@H](C[C@H]2O)C3(C)C)CC1. The molecule has 3 rings (SSSR count). The van der Waals surface area contributed by atoms with E-state index >= 15 is 0 Å². The predicted octanol–water partition coefficient (Wildman–Crippen LogP) is 0.948. The number of hydrogen-bond acceptors (Lipinski definition) is 3. The Kier molecular flexibility index (Phi) is 2.95. The lowest BCUT2D eigenvalue weighted by molar-refractivity contribution is -0.156. The number of fused-ring (bicyclic) bond motifs is 2. The summed E-state index contributed by atoms with van der Waals surface area (Å²) in [7, 11) is 2.10. The van der Waals surface area contributed by atoms with Gasteiger partial charge in [0.25, 0.3) is 0 Å². The van der Waals surface area contributed by atoms with Crippen molar-refractivity contribution >= 4 is 5.91 Å². The molecule has 1 amide bonds. The van der Waals surface area contributed by atoms with Crippen LogP contribution in [-0.2, 0) is 4.79 Å². The van der Waals surface area contributed by atoms with Gasteiger partial charge < -0.3 is 14.9 Å². The molecule has 1 saturated heterocycles. The van der Waals surface area contributed by atoms with Crippen LogP contribution in [0.4, 0.5) is 0 Å². The van der Waals surface area contributed by atoms with E-state index in [2.05, 4.69) is 25.8 Å². The average Bonchev–Trinajstić information content (AvgIpc) is 2.73. The van der Waals surface area contributed by atoms with Crippen LogP contribution in [0.2, 0.25) is 0 Å². The zero-order chi connectivity index (χ0) is 13.8. The fraction of sp³-hybridized carbons (Fsp3) is 0.933. The van der Waals surface area contributed by atoms with E-state index in [0.29, 0.717) is 5.92 Å². The number of nitrogens with zero attached hydrogens (tertiary/aromatic N) is 2. The normalized spacial score (nSPS) is 41.8. The van der Waals surface area contributed by atoms with Gasteiger partial charge >= 0.3 is 0 Å². The van der Waals surface area contributed by atoms with Gasteiger partial charge in [-0.15, -0.1) is 0 Å². The molecule has 2 aliphatic carbocycles. The molecule has 3 aliphatic rings. The van der Waals surface area contributed by atoms with Gasteiger partial charge in [0.15, 0.2) is 0 Å². The smallest absolute Gasteiger partial charge is 0.232 e. The van der Waals surface area contributed by atoms with E-state index < -0.39 is 11.5 Å². The highest BCUT2D eigenvalue weighted by atomic mass is 16.3. The first-order chi connectivity index (χ1) is 8.89. The summed E-state index contributed by atoms with van der Waals surface area (Å²) in [6, 6.07) is 0. The zero-order valence-electron chi connectivity index (χ0n) is 12.4.